The third-order valence-electron chi connectivity index (χ3n) is 2.73. The Morgan fingerprint density at radius 3 is 2.89 bits per heavy atom. The molecular formula is C12H10FN5O. The van der Waals surface area contributed by atoms with Gasteiger partial charge in [0.25, 0.3) is 5.56 Å². The minimum absolute atomic E-state index is 0.0872. The van der Waals surface area contributed by atoms with Crippen molar-refractivity contribution >= 4 is 17.1 Å². The van der Waals surface area contributed by atoms with Crippen molar-refractivity contribution in [2.24, 2.45) is 0 Å². The van der Waals surface area contributed by atoms with E-state index in [4.69, 9.17) is 5.73 Å². The Bertz CT molecular complexity index is 836. The van der Waals surface area contributed by atoms with E-state index in [1.165, 1.54) is 22.8 Å². The lowest BCUT2D eigenvalue weighted by molar-refractivity contribution is 0.627. The first-order chi connectivity index (χ1) is 9.06. The van der Waals surface area contributed by atoms with Crippen molar-refractivity contribution in [1.82, 2.24) is 19.5 Å². The maximum Gasteiger partial charge on any atom is 0.277 e. The van der Waals surface area contributed by atoms with Crippen LogP contribution in [0.1, 0.15) is 5.82 Å². The highest BCUT2D eigenvalue weighted by atomic mass is 19.1. The van der Waals surface area contributed by atoms with E-state index in [1.807, 2.05) is 0 Å². The summed E-state index contributed by atoms with van der Waals surface area (Å²) in [5, 5.41) is 0. The molecule has 3 aromatic rings. The van der Waals surface area contributed by atoms with Crippen LogP contribution in [0.4, 0.5) is 10.3 Å². The van der Waals surface area contributed by atoms with Gasteiger partial charge in [-0.3, -0.25) is 9.36 Å². The Balaban J connectivity index is 2.42. The number of anilines is 1. The largest absolute Gasteiger partial charge is 0.369 e. The first kappa shape index (κ1) is 11.4. The molecule has 0 bridgehead atoms. The Kier molecular flexibility index (Phi) is 2.34. The van der Waals surface area contributed by atoms with Gasteiger partial charge < -0.3 is 10.7 Å². The quantitative estimate of drug-likeness (QED) is 0.685. The normalized spacial score (nSPS) is 11.1. The van der Waals surface area contributed by atoms with E-state index >= 15 is 0 Å². The van der Waals surface area contributed by atoms with E-state index < -0.39 is 5.82 Å². The Morgan fingerprint density at radius 2 is 2.16 bits per heavy atom. The van der Waals surface area contributed by atoms with Gasteiger partial charge >= 0.3 is 0 Å². The van der Waals surface area contributed by atoms with Gasteiger partial charge in [-0.2, -0.15) is 4.98 Å². The summed E-state index contributed by atoms with van der Waals surface area (Å²) in [5.41, 5.74) is 6.29. The zero-order chi connectivity index (χ0) is 13.6. The predicted molar refractivity (Wildman–Crippen MR) is 68.6 cm³/mol. The number of nitrogen functional groups attached to an aromatic ring is 1. The van der Waals surface area contributed by atoms with Gasteiger partial charge in [-0.25, -0.2) is 9.37 Å². The summed E-state index contributed by atoms with van der Waals surface area (Å²) in [7, 11) is 0. The summed E-state index contributed by atoms with van der Waals surface area (Å²) in [4.78, 5) is 22.7. The minimum Gasteiger partial charge on any atom is -0.369 e. The van der Waals surface area contributed by atoms with Gasteiger partial charge in [0.1, 0.15) is 11.6 Å². The van der Waals surface area contributed by atoms with Gasteiger partial charge in [-0.1, -0.05) is 6.07 Å². The standard InChI is InChI=1S/C12H10FN5O/c1-6-15-10-9(11(19)16-6)18(12(14)17-10)8-4-2-3-7(13)5-8/h2-5H,1H3,(H3,14,15,16,17,19). The minimum atomic E-state index is -0.421. The molecule has 7 heteroatoms. The van der Waals surface area contributed by atoms with Gasteiger partial charge in [0.15, 0.2) is 11.2 Å². The SMILES string of the molecule is Cc1nc2nc(N)n(-c3cccc(F)c3)c2c(=O)[nH]1. The number of nitrogens with two attached hydrogens (primary N) is 1. The second-order valence-electron chi connectivity index (χ2n) is 4.11. The molecule has 6 nitrogen and oxygen atoms in total. The van der Waals surface area contributed by atoms with Crippen molar-refractivity contribution in [3.8, 4) is 5.69 Å². The highest BCUT2D eigenvalue weighted by Gasteiger charge is 2.15. The second-order valence-corrected chi connectivity index (χ2v) is 4.11. The van der Waals surface area contributed by atoms with Crippen molar-refractivity contribution in [3.63, 3.8) is 0 Å². The van der Waals surface area contributed by atoms with Gasteiger partial charge in [-0.05, 0) is 25.1 Å². The van der Waals surface area contributed by atoms with Gasteiger partial charge in [0, 0.05) is 0 Å². The fourth-order valence-corrected chi connectivity index (χ4v) is 1.99. The molecule has 0 saturated carbocycles. The topological polar surface area (TPSA) is 89.6 Å². The summed E-state index contributed by atoms with van der Waals surface area (Å²) in [6.07, 6.45) is 0. The number of hydrogen-bond donors (Lipinski definition) is 2. The Hall–Kier alpha value is -2.70. The van der Waals surface area contributed by atoms with Crippen molar-refractivity contribution in [2.75, 3.05) is 5.73 Å². The average molecular weight is 259 g/mol. The number of fused-ring (bicyclic) bond motifs is 1. The van der Waals surface area contributed by atoms with E-state index in [0.717, 1.165) is 0 Å². The summed E-state index contributed by atoms with van der Waals surface area (Å²) >= 11 is 0. The lowest BCUT2D eigenvalue weighted by Gasteiger charge is -2.05. The molecule has 0 aliphatic carbocycles. The highest BCUT2D eigenvalue weighted by Crippen LogP contribution is 2.19. The molecule has 2 heterocycles. The number of halogens is 1. The maximum atomic E-state index is 13.3. The van der Waals surface area contributed by atoms with Crippen LogP contribution in [0.25, 0.3) is 16.9 Å². The molecule has 3 rings (SSSR count). The average Bonchev–Trinajstić information content (AvgIpc) is 2.65. The van der Waals surface area contributed by atoms with Crippen molar-refractivity contribution < 1.29 is 4.39 Å². The van der Waals surface area contributed by atoms with Crippen molar-refractivity contribution in [2.45, 2.75) is 6.92 Å². The summed E-state index contributed by atoms with van der Waals surface area (Å²) in [6, 6.07) is 5.76. The van der Waals surface area contributed by atoms with Crippen LogP contribution in [0, 0.1) is 12.7 Å². The molecule has 19 heavy (non-hydrogen) atoms. The van der Waals surface area contributed by atoms with Gasteiger partial charge in [-0.15, -0.1) is 0 Å². The number of nitrogens with zero attached hydrogens (tertiary/aromatic N) is 3. The van der Waals surface area contributed by atoms with Crippen LogP contribution in [-0.4, -0.2) is 19.5 Å². The summed E-state index contributed by atoms with van der Waals surface area (Å²) in [5.74, 6) is 0.112. The number of benzene rings is 1. The van der Waals surface area contributed by atoms with Crippen LogP contribution in [-0.2, 0) is 0 Å². The van der Waals surface area contributed by atoms with Gasteiger partial charge in [0.05, 0.1) is 5.69 Å². The van der Waals surface area contributed by atoms with Gasteiger partial charge in [0.2, 0.25) is 5.95 Å². The highest BCUT2D eigenvalue weighted by molar-refractivity contribution is 5.76. The summed E-state index contributed by atoms with van der Waals surface area (Å²) < 4.78 is 14.7. The number of H-pyrrole nitrogens is 1. The van der Waals surface area contributed by atoms with Crippen molar-refractivity contribution in [3.05, 3.63) is 46.3 Å². The van der Waals surface area contributed by atoms with Crippen LogP contribution in [0.2, 0.25) is 0 Å². The second kappa shape index (κ2) is 3.91. The van der Waals surface area contributed by atoms with E-state index in [2.05, 4.69) is 15.0 Å². The molecule has 1 aromatic carbocycles. The van der Waals surface area contributed by atoms with Crippen LogP contribution >= 0.6 is 0 Å². The van der Waals surface area contributed by atoms with E-state index in [1.54, 1.807) is 13.0 Å². The molecule has 0 aliphatic heterocycles. The van der Waals surface area contributed by atoms with Crippen LogP contribution in [0.15, 0.2) is 29.1 Å². The number of rotatable bonds is 1. The smallest absolute Gasteiger partial charge is 0.277 e. The van der Waals surface area contributed by atoms with Crippen LogP contribution in [0.5, 0.6) is 0 Å². The lowest BCUT2D eigenvalue weighted by Crippen LogP contribution is -2.13. The number of nitrogens with one attached hydrogen (secondary N) is 1. The molecule has 2 aromatic heterocycles. The molecule has 0 unspecified atom stereocenters. The number of hydrogen-bond acceptors (Lipinski definition) is 4. The third-order valence-corrected chi connectivity index (χ3v) is 2.73. The molecular weight excluding hydrogens is 249 g/mol. The van der Waals surface area contributed by atoms with Crippen LogP contribution < -0.4 is 11.3 Å². The molecule has 0 fully saturated rings. The molecule has 0 saturated heterocycles. The molecule has 3 N–H and O–H groups in total. The van der Waals surface area contributed by atoms with Crippen LogP contribution in [0.3, 0.4) is 0 Å². The first-order valence-corrected chi connectivity index (χ1v) is 5.57. The first-order valence-electron chi connectivity index (χ1n) is 5.57. The van der Waals surface area contributed by atoms with E-state index in [9.17, 15) is 9.18 Å². The molecule has 0 aliphatic rings. The third kappa shape index (κ3) is 1.75. The lowest BCUT2D eigenvalue weighted by atomic mass is 10.3. The molecule has 0 spiro atoms. The maximum absolute atomic E-state index is 13.3. The zero-order valence-corrected chi connectivity index (χ0v) is 10.0. The number of aromatic nitrogens is 4. The molecule has 0 atom stereocenters. The fourth-order valence-electron chi connectivity index (χ4n) is 1.99. The molecule has 96 valence electrons. The van der Waals surface area contributed by atoms with E-state index in [-0.39, 0.29) is 22.7 Å². The zero-order valence-electron chi connectivity index (χ0n) is 10.0. The number of aryl methyl sites for hydroxylation is 1. The number of imidazole rings is 1. The van der Waals surface area contributed by atoms with Crippen molar-refractivity contribution in [1.29, 1.82) is 0 Å². The summed E-state index contributed by atoms with van der Waals surface area (Å²) in [6.45, 7) is 1.65. The molecule has 0 amide bonds. The fraction of sp³-hybridized carbons (Fsp3) is 0.0833. The predicted octanol–water partition coefficient (Wildman–Crippen LogP) is 1.14. The molecule has 0 radical (unpaired) electrons. The Morgan fingerprint density at radius 1 is 1.37 bits per heavy atom. The number of aromatic amines is 1. The monoisotopic (exact) mass is 259 g/mol. The Labute approximate surface area is 106 Å². The van der Waals surface area contributed by atoms with E-state index in [0.29, 0.717) is 11.5 Å².